The van der Waals surface area contributed by atoms with E-state index < -0.39 is 0 Å². The first kappa shape index (κ1) is 14.2. The van der Waals surface area contributed by atoms with Gasteiger partial charge in [-0.1, -0.05) is 0 Å². The molecular formula is C15H25N3O. The average Bonchev–Trinajstić information content (AvgIpc) is 2.41. The third-order valence-electron chi connectivity index (χ3n) is 3.72. The van der Waals surface area contributed by atoms with Crippen molar-refractivity contribution in [2.24, 2.45) is 0 Å². The van der Waals surface area contributed by atoms with E-state index in [4.69, 9.17) is 10.5 Å². The monoisotopic (exact) mass is 263 g/mol. The molecule has 0 bridgehead atoms. The topological polar surface area (TPSA) is 41.7 Å². The molecule has 0 aromatic heterocycles. The van der Waals surface area contributed by atoms with Crippen LogP contribution in [0, 0.1) is 6.92 Å². The number of piperazine rings is 1. The molecule has 1 fully saturated rings. The molecule has 1 aliphatic rings. The molecule has 106 valence electrons. The number of anilines is 1. The molecule has 2 rings (SSSR count). The summed E-state index contributed by atoms with van der Waals surface area (Å²) in [4.78, 5) is 4.89. The Kier molecular flexibility index (Phi) is 5.05. The highest BCUT2D eigenvalue weighted by atomic mass is 16.5. The average molecular weight is 263 g/mol. The number of hydrogen-bond acceptors (Lipinski definition) is 4. The standard InChI is InChI=1S/C15H25N3O/c1-13-12-14(4-5-15(13)16)19-11-3-6-18-9-7-17(2)8-10-18/h4-5,12H,3,6-11,16H2,1-2H3. The molecule has 1 aliphatic heterocycles. The van der Waals surface area contributed by atoms with Crippen molar-refractivity contribution in [1.82, 2.24) is 9.80 Å². The van der Waals surface area contributed by atoms with Crippen LogP contribution >= 0.6 is 0 Å². The van der Waals surface area contributed by atoms with Crippen molar-refractivity contribution < 1.29 is 4.74 Å². The molecule has 1 aromatic rings. The molecule has 1 saturated heterocycles. The summed E-state index contributed by atoms with van der Waals surface area (Å²) in [7, 11) is 2.18. The van der Waals surface area contributed by atoms with Gasteiger partial charge in [-0.05, 0) is 44.2 Å². The molecule has 0 atom stereocenters. The SMILES string of the molecule is Cc1cc(OCCCN2CCN(C)CC2)ccc1N. The van der Waals surface area contributed by atoms with Crippen LogP contribution in [0.25, 0.3) is 0 Å². The second-order valence-electron chi connectivity index (χ2n) is 5.37. The van der Waals surface area contributed by atoms with Crippen LogP contribution in [0.1, 0.15) is 12.0 Å². The highest BCUT2D eigenvalue weighted by Gasteiger charge is 2.12. The number of hydrogen-bond donors (Lipinski definition) is 1. The van der Waals surface area contributed by atoms with Crippen molar-refractivity contribution in [3.63, 3.8) is 0 Å². The molecule has 0 saturated carbocycles. The largest absolute Gasteiger partial charge is 0.494 e. The molecule has 0 radical (unpaired) electrons. The number of likely N-dealkylation sites (N-methyl/N-ethyl adjacent to an activating group) is 1. The van der Waals surface area contributed by atoms with Gasteiger partial charge in [-0.3, -0.25) is 0 Å². The number of nitrogens with two attached hydrogens (primary N) is 1. The van der Waals surface area contributed by atoms with Gasteiger partial charge in [-0.25, -0.2) is 0 Å². The van der Waals surface area contributed by atoms with E-state index in [0.29, 0.717) is 0 Å². The maximum absolute atomic E-state index is 5.79. The van der Waals surface area contributed by atoms with Crippen molar-refractivity contribution in [1.29, 1.82) is 0 Å². The van der Waals surface area contributed by atoms with E-state index in [0.717, 1.165) is 36.6 Å². The Balaban J connectivity index is 1.65. The number of nitrogens with zero attached hydrogens (tertiary/aromatic N) is 2. The minimum Gasteiger partial charge on any atom is -0.494 e. The number of nitrogen functional groups attached to an aromatic ring is 1. The maximum Gasteiger partial charge on any atom is 0.119 e. The Morgan fingerprint density at radius 1 is 1.21 bits per heavy atom. The number of rotatable bonds is 5. The molecule has 0 amide bonds. The lowest BCUT2D eigenvalue weighted by atomic mass is 10.2. The molecule has 4 nitrogen and oxygen atoms in total. The summed E-state index contributed by atoms with van der Waals surface area (Å²) in [5, 5.41) is 0. The first-order valence-electron chi connectivity index (χ1n) is 7.05. The minimum absolute atomic E-state index is 0.774. The fraction of sp³-hybridized carbons (Fsp3) is 0.600. The van der Waals surface area contributed by atoms with Crippen LogP contribution in [0.3, 0.4) is 0 Å². The molecule has 1 heterocycles. The minimum atomic E-state index is 0.774. The Morgan fingerprint density at radius 3 is 2.63 bits per heavy atom. The fourth-order valence-electron chi connectivity index (χ4n) is 2.29. The number of aryl methyl sites for hydroxylation is 1. The van der Waals surface area contributed by atoms with Crippen LogP contribution in [-0.2, 0) is 0 Å². The van der Waals surface area contributed by atoms with E-state index >= 15 is 0 Å². The fourth-order valence-corrected chi connectivity index (χ4v) is 2.29. The zero-order chi connectivity index (χ0) is 13.7. The molecule has 4 heteroatoms. The van der Waals surface area contributed by atoms with E-state index in [9.17, 15) is 0 Å². The van der Waals surface area contributed by atoms with Crippen LogP contribution in [0.5, 0.6) is 5.75 Å². The van der Waals surface area contributed by atoms with E-state index in [1.54, 1.807) is 0 Å². The summed E-state index contributed by atoms with van der Waals surface area (Å²) < 4.78 is 5.76. The Bertz CT molecular complexity index is 400. The third-order valence-corrected chi connectivity index (χ3v) is 3.72. The Hall–Kier alpha value is -1.26. The Labute approximate surface area is 116 Å². The van der Waals surface area contributed by atoms with Gasteiger partial charge in [0.1, 0.15) is 5.75 Å². The lowest BCUT2D eigenvalue weighted by molar-refractivity contribution is 0.145. The van der Waals surface area contributed by atoms with Crippen molar-refractivity contribution >= 4 is 5.69 Å². The van der Waals surface area contributed by atoms with Gasteiger partial charge in [-0.15, -0.1) is 0 Å². The van der Waals surface area contributed by atoms with E-state index in [1.807, 2.05) is 25.1 Å². The lowest BCUT2D eigenvalue weighted by Gasteiger charge is -2.32. The van der Waals surface area contributed by atoms with Crippen molar-refractivity contribution in [3.05, 3.63) is 23.8 Å². The summed E-state index contributed by atoms with van der Waals surface area (Å²) in [5.74, 6) is 0.921. The quantitative estimate of drug-likeness (QED) is 0.647. The van der Waals surface area contributed by atoms with Crippen molar-refractivity contribution in [2.75, 3.05) is 52.1 Å². The molecule has 2 N–H and O–H groups in total. The van der Waals surface area contributed by atoms with Crippen LogP contribution in [-0.4, -0.2) is 56.2 Å². The number of benzene rings is 1. The second-order valence-corrected chi connectivity index (χ2v) is 5.37. The van der Waals surface area contributed by atoms with Gasteiger partial charge < -0.3 is 20.3 Å². The summed E-state index contributed by atoms with van der Waals surface area (Å²) >= 11 is 0. The normalized spacial score (nSPS) is 17.6. The van der Waals surface area contributed by atoms with E-state index in [1.165, 1.54) is 26.2 Å². The first-order valence-corrected chi connectivity index (χ1v) is 7.05. The van der Waals surface area contributed by atoms with Crippen LogP contribution in [0.15, 0.2) is 18.2 Å². The van der Waals surface area contributed by atoms with Gasteiger partial charge in [0.2, 0.25) is 0 Å². The first-order chi connectivity index (χ1) is 9.15. The molecule has 19 heavy (non-hydrogen) atoms. The summed E-state index contributed by atoms with van der Waals surface area (Å²) in [6, 6.07) is 5.86. The van der Waals surface area contributed by atoms with Gasteiger partial charge in [0, 0.05) is 38.4 Å². The molecule has 0 unspecified atom stereocenters. The van der Waals surface area contributed by atoms with Crippen LogP contribution in [0.4, 0.5) is 5.69 Å². The summed E-state index contributed by atoms with van der Waals surface area (Å²) in [5.41, 5.74) is 7.69. The zero-order valence-corrected chi connectivity index (χ0v) is 12.1. The third kappa shape index (κ3) is 4.40. The zero-order valence-electron chi connectivity index (χ0n) is 12.1. The predicted molar refractivity (Wildman–Crippen MR) is 79.6 cm³/mol. The summed E-state index contributed by atoms with van der Waals surface area (Å²) in [6.07, 6.45) is 1.08. The Morgan fingerprint density at radius 2 is 1.95 bits per heavy atom. The highest BCUT2D eigenvalue weighted by Crippen LogP contribution is 2.18. The van der Waals surface area contributed by atoms with E-state index in [-0.39, 0.29) is 0 Å². The molecule has 1 aromatic carbocycles. The molecular weight excluding hydrogens is 238 g/mol. The van der Waals surface area contributed by atoms with Gasteiger partial charge >= 0.3 is 0 Å². The summed E-state index contributed by atoms with van der Waals surface area (Å²) in [6.45, 7) is 8.62. The maximum atomic E-state index is 5.79. The smallest absolute Gasteiger partial charge is 0.119 e. The molecule has 0 aliphatic carbocycles. The van der Waals surface area contributed by atoms with Gasteiger partial charge in [0.25, 0.3) is 0 Å². The van der Waals surface area contributed by atoms with Gasteiger partial charge in [0.15, 0.2) is 0 Å². The van der Waals surface area contributed by atoms with Gasteiger partial charge in [0.05, 0.1) is 6.61 Å². The molecule has 0 spiro atoms. The van der Waals surface area contributed by atoms with Gasteiger partial charge in [-0.2, -0.15) is 0 Å². The van der Waals surface area contributed by atoms with E-state index in [2.05, 4.69) is 16.8 Å². The van der Waals surface area contributed by atoms with Crippen molar-refractivity contribution in [3.8, 4) is 5.75 Å². The van der Waals surface area contributed by atoms with Crippen LogP contribution < -0.4 is 10.5 Å². The predicted octanol–water partition coefficient (Wildman–Crippen LogP) is 1.59. The van der Waals surface area contributed by atoms with Crippen molar-refractivity contribution in [2.45, 2.75) is 13.3 Å². The number of ether oxygens (including phenoxy) is 1. The van der Waals surface area contributed by atoms with Crippen LogP contribution in [0.2, 0.25) is 0 Å². The second kappa shape index (κ2) is 6.78. The lowest BCUT2D eigenvalue weighted by Crippen LogP contribution is -2.44. The highest BCUT2D eigenvalue weighted by molar-refractivity contribution is 5.49.